The Balaban J connectivity index is 2.81. The van der Waals surface area contributed by atoms with Crippen molar-refractivity contribution in [2.45, 2.75) is 13.0 Å². The number of aliphatic carboxylic acids is 1. The lowest BCUT2D eigenvalue weighted by Crippen LogP contribution is -2.42. The van der Waals surface area contributed by atoms with Gasteiger partial charge in [-0.2, -0.15) is 0 Å². The van der Waals surface area contributed by atoms with Crippen LogP contribution < -0.4 is 5.32 Å². The van der Waals surface area contributed by atoms with E-state index in [-0.39, 0.29) is 5.69 Å². The first-order valence-corrected chi connectivity index (χ1v) is 5.04. The second kappa shape index (κ2) is 5.44. The van der Waals surface area contributed by atoms with Crippen molar-refractivity contribution in [3.63, 3.8) is 0 Å². The summed E-state index contributed by atoms with van der Waals surface area (Å²) in [6.07, 6.45) is 0. The average Bonchev–Trinajstić information content (AvgIpc) is 2.31. The number of benzene rings is 1. The summed E-state index contributed by atoms with van der Waals surface area (Å²) in [4.78, 5) is 23.1. The van der Waals surface area contributed by atoms with E-state index in [9.17, 15) is 18.4 Å². The topological polar surface area (TPSA) is 69.6 Å². The zero-order valence-corrected chi connectivity index (χ0v) is 9.78. The number of amides is 2. The van der Waals surface area contributed by atoms with Crippen LogP contribution in [0.15, 0.2) is 18.2 Å². The first-order valence-electron chi connectivity index (χ1n) is 5.04. The van der Waals surface area contributed by atoms with Gasteiger partial charge < -0.3 is 15.3 Å². The van der Waals surface area contributed by atoms with Crippen LogP contribution in [0.5, 0.6) is 0 Å². The van der Waals surface area contributed by atoms with Crippen molar-refractivity contribution in [1.82, 2.24) is 4.90 Å². The third-order valence-electron chi connectivity index (χ3n) is 2.43. The first kappa shape index (κ1) is 13.9. The normalized spacial score (nSPS) is 11.8. The molecule has 0 heterocycles. The zero-order valence-electron chi connectivity index (χ0n) is 9.78. The molecule has 7 heteroatoms. The Hall–Kier alpha value is -2.18. The van der Waals surface area contributed by atoms with Crippen LogP contribution in [0.2, 0.25) is 0 Å². The molecule has 1 aromatic carbocycles. The second-order valence-corrected chi connectivity index (χ2v) is 3.68. The van der Waals surface area contributed by atoms with Crippen LogP contribution in [0.1, 0.15) is 6.92 Å². The predicted octanol–water partition coefficient (Wildman–Crippen LogP) is 1.90. The Bertz CT molecular complexity index is 479. The molecular weight excluding hydrogens is 246 g/mol. The van der Waals surface area contributed by atoms with Gasteiger partial charge in [-0.25, -0.2) is 18.4 Å². The molecular formula is C11H12F2N2O3. The molecule has 2 N–H and O–H groups in total. The Morgan fingerprint density at radius 3 is 2.56 bits per heavy atom. The maximum atomic E-state index is 13.2. The van der Waals surface area contributed by atoms with Crippen molar-refractivity contribution in [1.29, 1.82) is 0 Å². The summed E-state index contributed by atoms with van der Waals surface area (Å²) in [5.41, 5.74) is -0.343. The molecule has 0 fully saturated rings. The fraction of sp³-hybridized carbons (Fsp3) is 0.273. The van der Waals surface area contributed by atoms with Crippen molar-refractivity contribution in [3.05, 3.63) is 29.8 Å². The van der Waals surface area contributed by atoms with E-state index in [2.05, 4.69) is 5.32 Å². The monoisotopic (exact) mass is 258 g/mol. The fourth-order valence-corrected chi connectivity index (χ4v) is 1.14. The highest BCUT2D eigenvalue weighted by Crippen LogP contribution is 2.16. The van der Waals surface area contributed by atoms with E-state index < -0.39 is 29.7 Å². The molecule has 0 spiro atoms. The van der Waals surface area contributed by atoms with Gasteiger partial charge in [0.15, 0.2) is 0 Å². The van der Waals surface area contributed by atoms with Crippen LogP contribution in [0.4, 0.5) is 19.3 Å². The number of nitrogens with one attached hydrogen (secondary N) is 1. The van der Waals surface area contributed by atoms with Gasteiger partial charge in [0, 0.05) is 13.1 Å². The van der Waals surface area contributed by atoms with Gasteiger partial charge in [0.1, 0.15) is 17.7 Å². The van der Waals surface area contributed by atoms with E-state index in [1.54, 1.807) is 0 Å². The van der Waals surface area contributed by atoms with Crippen LogP contribution in [0.3, 0.4) is 0 Å². The van der Waals surface area contributed by atoms with Crippen molar-refractivity contribution in [2.75, 3.05) is 12.4 Å². The molecule has 2 amide bonds. The average molecular weight is 258 g/mol. The number of nitrogens with zero attached hydrogens (tertiary/aromatic N) is 1. The highest BCUT2D eigenvalue weighted by Gasteiger charge is 2.22. The highest BCUT2D eigenvalue weighted by atomic mass is 19.1. The Morgan fingerprint density at radius 2 is 2.00 bits per heavy atom. The Labute approximate surface area is 102 Å². The van der Waals surface area contributed by atoms with Crippen LogP contribution >= 0.6 is 0 Å². The zero-order chi connectivity index (χ0) is 13.9. The molecule has 0 aliphatic heterocycles. The van der Waals surface area contributed by atoms with Crippen LogP contribution in [-0.4, -0.2) is 35.1 Å². The van der Waals surface area contributed by atoms with Gasteiger partial charge in [-0.3, -0.25) is 0 Å². The predicted molar refractivity (Wildman–Crippen MR) is 60.2 cm³/mol. The summed E-state index contributed by atoms with van der Waals surface area (Å²) in [5, 5.41) is 10.8. The van der Waals surface area contributed by atoms with Crippen LogP contribution in [0.25, 0.3) is 0 Å². The first-order chi connectivity index (χ1) is 8.32. The Morgan fingerprint density at radius 1 is 1.39 bits per heavy atom. The molecule has 18 heavy (non-hydrogen) atoms. The molecule has 98 valence electrons. The molecule has 1 unspecified atom stereocenters. The van der Waals surface area contributed by atoms with Gasteiger partial charge in [-0.1, -0.05) is 0 Å². The molecule has 1 aromatic rings. The van der Waals surface area contributed by atoms with Gasteiger partial charge in [0.2, 0.25) is 0 Å². The molecule has 0 bridgehead atoms. The lowest BCUT2D eigenvalue weighted by Gasteiger charge is -2.21. The van der Waals surface area contributed by atoms with Gasteiger partial charge in [0.25, 0.3) is 0 Å². The van der Waals surface area contributed by atoms with Crippen LogP contribution in [-0.2, 0) is 4.79 Å². The summed E-state index contributed by atoms with van der Waals surface area (Å²) in [7, 11) is 1.24. The maximum absolute atomic E-state index is 13.2. The summed E-state index contributed by atoms with van der Waals surface area (Å²) in [5.74, 6) is -2.71. The lowest BCUT2D eigenvalue weighted by atomic mass is 10.3. The number of carboxylic acids is 1. The molecule has 0 aromatic heterocycles. The Kier molecular flexibility index (Phi) is 4.19. The molecule has 0 aliphatic carbocycles. The number of halogens is 2. The number of carbonyl (C=O) groups excluding carboxylic acids is 1. The number of anilines is 1. The van der Waals surface area contributed by atoms with E-state index in [1.165, 1.54) is 14.0 Å². The van der Waals surface area contributed by atoms with E-state index in [0.29, 0.717) is 0 Å². The fourth-order valence-electron chi connectivity index (χ4n) is 1.14. The summed E-state index contributed by atoms with van der Waals surface area (Å²) >= 11 is 0. The number of carbonyl (C=O) groups is 2. The second-order valence-electron chi connectivity index (χ2n) is 3.68. The molecule has 1 rings (SSSR count). The minimum atomic E-state index is -1.20. The number of urea groups is 1. The number of hydrogen-bond acceptors (Lipinski definition) is 2. The smallest absolute Gasteiger partial charge is 0.326 e. The highest BCUT2D eigenvalue weighted by molar-refractivity contribution is 5.92. The van der Waals surface area contributed by atoms with E-state index in [4.69, 9.17) is 5.11 Å². The van der Waals surface area contributed by atoms with Gasteiger partial charge in [-0.15, -0.1) is 0 Å². The van der Waals surface area contributed by atoms with Gasteiger partial charge in [0.05, 0.1) is 5.69 Å². The van der Waals surface area contributed by atoms with Crippen molar-refractivity contribution in [3.8, 4) is 0 Å². The summed E-state index contributed by atoms with van der Waals surface area (Å²) in [6.45, 7) is 1.30. The summed E-state index contributed by atoms with van der Waals surface area (Å²) < 4.78 is 26.1. The molecule has 5 nitrogen and oxygen atoms in total. The van der Waals surface area contributed by atoms with E-state index >= 15 is 0 Å². The lowest BCUT2D eigenvalue weighted by molar-refractivity contribution is -0.141. The number of hydrogen-bond donors (Lipinski definition) is 2. The maximum Gasteiger partial charge on any atom is 0.326 e. The van der Waals surface area contributed by atoms with Gasteiger partial charge in [-0.05, 0) is 19.1 Å². The molecule has 0 saturated heterocycles. The summed E-state index contributed by atoms with van der Waals surface area (Å²) in [6, 6.07) is 0.670. The quantitative estimate of drug-likeness (QED) is 0.870. The molecule has 0 saturated carbocycles. The molecule has 0 aliphatic rings. The van der Waals surface area contributed by atoms with E-state index in [1.807, 2.05) is 0 Å². The van der Waals surface area contributed by atoms with Gasteiger partial charge >= 0.3 is 12.0 Å². The SMILES string of the molecule is CC(C(=O)O)N(C)C(=O)Nc1cc(F)ccc1F. The standard InChI is InChI=1S/C11H12F2N2O3/c1-6(10(16)17)15(2)11(18)14-9-5-7(12)3-4-8(9)13/h3-6H,1-2H3,(H,14,18)(H,16,17). The van der Waals surface area contributed by atoms with Crippen molar-refractivity contribution < 1.29 is 23.5 Å². The third kappa shape index (κ3) is 3.16. The number of carboxylic acid groups (broad SMARTS) is 1. The third-order valence-corrected chi connectivity index (χ3v) is 2.43. The molecule has 1 atom stereocenters. The largest absolute Gasteiger partial charge is 0.480 e. The van der Waals surface area contributed by atoms with E-state index in [0.717, 1.165) is 23.1 Å². The number of rotatable bonds is 3. The minimum absolute atomic E-state index is 0.343. The number of likely N-dealkylation sites (N-methyl/N-ethyl adjacent to an activating group) is 1. The van der Waals surface area contributed by atoms with Crippen LogP contribution in [0, 0.1) is 11.6 Å². The minimum Gasteiger partial charge on any atom is -0.480 e. The van der Waals surface area contributed by atoms with Crippen molar-refractivity contribution in [2.24, 2.45) is 0 Å². The van der Waals surface area contributed by atoms with Crippen molar-refractivity contribution >= 4 is 17.7 Å². The molecule has 0 radical (unpaired) electrons.